The van der Waals surface area contributed by atoms with Gasteiger partial charge in [0.15, 0.2) is 12.1 Å². The van der Waals surface area contributed by atoms with Gasteiger partial charge in [-0.1, -0.05) is 37.3 Å². The average molecular weight is 255 g/mol. The third-order valence-corrected chi connectivity index (χ3v) is 3.25. The molecule has 1 aromatic carbocycles. The van der Waals surface area contributed by atoms with E-state index in [1.807, 2.05) is 41.8 Å². The Morgan fingerprint density at radius 3 is 2.47 bits per heavy atom. The Labute approximate surface area is 112 Å². The van der Waals surface area contributed by atoms with Gasteiger partial charge in [0.1, 0.15) is 0 Å². The van der Waals surface area contributed by atoms with Gasteiger partial charge in [-0.25, -0.2) is 0 Å². The van der Waals surface area contributed by atoms with E-state index in [1.165, 1.54) is 6.92 Å². The second-order valence-electron chi connectivity index (χ2n) is 4.53. The molecule has 0 radical (unpaired) electrons. The van der Waals surface area contributed by atoms with Gasteiger partial charge in [-0.3, -0.25) is 9.59 Å². The average Bonchev–Trinajstić information content (AvgIpc) is 2.77. The third kappa shape index (κ3) is 2.65. The number of ketones is 1. The summed E-state index contributed by atoms with van der Waals surface area (Å²) in [5.41, 5.74) is 3.25. The minimum atomic E-state index is -0.0151. The third-order valence-electron chi connectivity index (χ3n) is 3.25. The van der Waals surface area contributed by atoms with Crippen molar-refractivity contribution in [3.05, 3.63) is 58.9 Å². The molecule has 0 spiro atoms. The summed E-state index contributed by atoms with van der Waals surface area (Å²) in [5.74, 6) is -0.0151. The van der Waals surface area contributed by atoms with Crippen LogP contribution in [0.25, 0.3) is 0 Å². The Morgan fingerprint density at radius 2 is 1.95 bits per heavy atom. The fourth-order valence-electron chi connectivity index (χ4n) is 2.35. The van der Waals surface area contributed by atoms with E-state index in [0.717, 1.165) is 24.0 Å². The molecule has 19 heavy (non-hydrogen) atoms. The van der Waals surface area contributed by atoms with E-state index in [1.54, 1.807) is 6.07 Å². The van der Waals surface area contributed by atoms with Crippen molar-refractivity contribution in [1.29, 1.82) is 0 Å². The molecule has 0 saturated carbocycles. The summed E-state index contributed by atoms with van der Waals surface area (Å²) in [5, 5.41) is 0. The summed E-state index contributed by atoms with van der Waals surface area (Å²) in [6, 6.07) is 11.6. The van der Waals surface area contributed by atoms with Crippen LogP contribution in [-0.2, 0) is 13.0 Å². The van der Waals surface area contributed by atoms with Crippen molar-refractivity contribution in [2.75, 3.05) is 0 Å². The van der Waals surface area contributed by atoms with E-state index < -0.39 is 0 Å². The molecule has 0 aliphatic rings. The number of aldehydes is 1. The van der Waals surface area contributed by atoms with E-state index in [4.69, 9.17) is 0 Å². The van der Waals surface area contributed by atoms with E-state index >= 15 is 0 Å². The van der Waals surface area contributed by atoms with Crippen LogP contribution in [0, 0.1) is 0 Å². The van der Waals surface area contributed by atoms with E-state index in [0.29, 0.717) is 17.8 Å². The van der Waals surface area contributed by atoms with Crippen LogP contribution < -0.4 is 0 Å². The first kappa shape index (κ1) is 13.3. The lowest BCUT2D eigenvalue weighted by Gasteiger charge is -2.11. The molecule has 0 bridgehead atoms. The number of hydrogen-bond donors (Lipinski definition) is 0. The van der Waals surface area contributed by atoms with Crippen molar-refractivity contribution in [1.82, 2.24) is 4.57 Å². The van der Waals surface area contributed by atoms with Crippen molar-refractivity contribution in [3.8, 4) is 0 Å². The van der Waals surface area contributed by atoms with Gasteiger partial charge in [-0.05, 0) is 18.1 Å². The van der Waals surface area contributed by atoms with Crippen molar-refractivity contribution in [2.24, 2.45) is 0 Å². The molecule has 2 aromatic rings. The van der Waals surface area contributed by atoms with Gasteiger partial charge in [-0.2, -0.15) is 0 Å². The van der Waals surface area contributed by atoms with Crippen molar-refractivity contribution in [3.63, 3.8) is 0 Å². The highest BCUT2D eigenvalue weighted by atomic mass is 16.1. The Morgan fingerprint density at radius 1 is 1.26 bits per heavy atom. The van der Waals surface area contributed by atoms with Crippen LogP contribution in [0.2, 0.25) is 0 Å². The summed E-state index contributed by atoms with van der Waals surface area (Å²) in [6.45, 7) is 4.14. The van der Waals surface area contributed by atoms with Crippen LogP contribution in [0.15, 0.2) is 36.4 Å². The van der Waals surface area contributed by atoms with Gasteiger partial charge in [0.25, 0.3) is 0 Å². The Kier molecular flexibility index (Phi) is 3.95. The SMILES string of the molecule is CCc1c(C=O)cc(C(C)=O)n1Cc1ccccc1. The Balaban J connectivity index is 2.50. The molecular weight excluding hydrogens is 238 g/mol. The quantitative estimate of drug-likeness (QED) is 0.608. The highest BCUT2D eigenvalue weighted by Crippen LogP contribution is 2.18. The first-order valence-corrected chi connectivity index (χ1v) is 6.39. The lowest BCUT2D eigenvalue weighted by molar-refractivity contribution is 0.100. The summed E-state index contributed by atoms with van der Waals surface area (Å²) in [4.78, 5) is 22.8. The first-order valence-electron chi connectivity index (χ1n) is 6.39. The highest BCUT2D eigenvalue weighted by Gasteiger charge is 2.16. The maximum absolute atomic E-state index is 11.7. The molecule has 98 valence electrons. The molecule has 0 fully saturated rings. The minimum absolute atomic E-state index is 0.0151. The molecular formula is C16H17NO2. The molecule has 0 aliphatic carbocycles. The highest BCUT2D eigenvalue weighted by molar-refractivity contribution is 5.95. The summed E-state index contributed by atoms with van der Waals surface area (Å²) >= 11 is 0. The first-order chi connectivity index (χ1) is 9.17. The van der Waals surface area contributed by atoms with Gasteiger partial charge >= 0.3 is 0 Å². The topological polar surface area (TPSA) is 39.1 Å². The molecule has 0 N–H and O–H groups in total. The molecule has 3 nitrogen and oxygen atoms in total. The molecule has 3 heteroatoms. The van der Waals surface area contributed by atoms with Crippen LogP contribution in [0.1, 0.15) is 46.0 Å². The van der Waals surface area contributed by atoms with Gasteiger partial charge < -0.3 is 4.57 Å². The maximum atomic E-state index is 11.7. The lowest BCUT2D eigenvalue weighted by Crippen LogP contribution is -2.11. The number of Topliss-reactive ketones (excluding diaryl/α,β-unsaturated/α-hetero) is 1. The van der Waals surface area contributed by atoms with E-state index in [9.17, 15) is 9.59 Å². The molecule has 0 unspecified atom stereocenters. The number of benzene rings is 1. The van der Waals surface area contributed by atoms with Gasteiger partial charge in [0, 0.05) is 24.7 Å². The van der Waals surface area contributed by atoms with Crippen LogP contribution >= 0.6 is 0 Å². The molecule has 0 amide bonds. The van der Waals surface area contributed by atoms with Gasteiger partial charge in [0.2, 0.25) is 0 Å². The number of hydrogen-bond acceptors (Lipinski definition) is 2. The van der Waals surface area contributed by atoms with Crippen molar-refractivity contribution < 1.29 is 9.59 Å². The van der Waals surface area contributed by atoms with Crippen molar-refractivity contribution >= 4 is 12.1 Å². The second-order valence-corrected chi connectivity index (χ2v) is 4.53. The van der Waals surface area contributed by atoms with E-state index in [-0.39, 0.29) is 5.78 Å². The zero-order valence-electron chi connectivity index (χ0n) is 11.2. The number of rotatable bonds is 5. The number of carbonyl (C=O) groups excluding carboxylic acids is 2. The molecule has 0 saturated heterocycles. The fraction of sp³-hybridized carbons (Fsp3) is 0.250. The standard InChI is InChI=1S/C16H17NO2/c1-3-15-14(11-18)9-16(12(2)19)17(15)10-13-7-5-4-6-8-13/h4-9,11H,3,10H2,1-2H3. The zero-order chi connectivity index (χ0) is 13.8. The molecule has 1 heterocycles. The minimum Gasteiger partial charge on any atom is -0.337 e. The normalized spacial score (nSPS) is 10.4. The maximum Gasteiger partial charge on any atom is 0.176 e. The summed E-state index contributed by atoms with van der Waals surface area (Å²) < 4.78 is 1.95. The zero-order valence-corrected chi connectivity index (χ0v) is 11.2. The fourth-order valence-corrected chi connectivity index (χ4v) is 2.35. The molecule has 0 atom stereocenters. The van der Waals surface area contributed by atoms with Gasteiger partial charge in [0.05, 0.1) is 5.69 Å². The Hall–Kier alpha value is -2.16. The Bertz CT molecular complexity index is 597. The summed E-state index contributed by atoms with van der Waals surface area (Å²) in [7, 11) is 0. The van der Waals surface area contributed by atoms with Crippen LogP contribution in [0.4, 0.5) is 0 Å². The van der Waals surface area contributed by atoms with Crippen LogP contribution in [0.3, 0.4) is 0 Å². The largest absolute Gasteiger partial charge is 0.337 e. The molecule has 0 aliphatic heterocycles. The second kappa shape index (κ2) is 5.65. The predicted octanol–water partition coefficient (Wildman–Crippen LogP) is 3.11. The van der Waals surface area contributed by atoms with Gasteiger partial charge in [-0.15, -0.1) is 0 Å². The predicted molar refractivity (Wildman–Crippen MR) is 74.7 cm³/mol. The van der Waals surface area contributed by atoms with Crippen LogP contribution in [-0.4, -0.2) is 16.6 Å². The lowest BCUT2D eigenvalue weighted by atomic mass is 10.2. The number of carbonyl (C=O) groups is 2. The number of nitrogens with zero attached hydrogens (tertiary/aromatic N) is 1. The van der Waals surface area contributed by atoms with E-state index in [2.05, 4.69) is 0 Å². The number of aromatic nitrogens is 1. The van der Waals surface area contributed by atoms with Crippen molar-refractivity contribution in [2.45, 2.75) is 26.8 Å². The van der Waals surface area contributed by atoms with Crippen LogP contribution in [0.5, 0.6) is 0 Å². The molecule has 2 rings (SSSR count). The molecule has 1 aromatic heterocycles. The smallest absolute Gasteiger partial charge is 0.176 e. The summed E-state index contributed by atoms with van der Waals surface area (Å²) in [6.07, 6.45) is 1.56. The monoisotopic (exact) mass is 255 g/mol.